The van der Waals surface area contributed by atoms with E-state index in [0.29, 0.717) is 12.0 Å². The van der Waals surface area contributed by atoms with Crippen molar-refractivity contribution in [3.8, 4) is 0 Å². The molecule has 116 valence electrons. The van der Waals surface area contributed by atoms with Crippen LogP contribution in [0.5, 0.6) is 0 Å². The topological polar surface area (TPSA) is 56.3 Å². The van der Waals surface area contributed by atoms with Crippen molar-refractivity contribution in [2.45, 2.75) is 31.2 Å². The largest absolute Gasteiger partial charge is 0.481 e. The third kappa shape index (κ3) is 2.10. The zero-order chi connectivity index (χ0) is 15.4. The molecule has 1 fully saturated rings. The van der Waals surface area contributed by atoms with Crippen molar-refractivity contribution >= 4 is 32.8 Å². The molecule has 5 heteroatoms. The van der Waals surface area contributed by atoms with Crippen molar-refractivity contribution in [3.63, 3.8) is 0 Å². The van der Waals surface area contributed by atoms with Crippen LogP contribution in [-0.2, 0) is 11.2 Å². The van der Waals surface area contributed by atoms with Crippen molar-refractivity contribution in [1.82, 2.24) is 9.88 Å². The van der Waals surface area contributed by atoms with Gasteiger partial charge in [-0.1, -0.05) is 12.1 Å². The maximum Gasteiger partial charge on any atom is 0.303 e. The van der Waals surface area contributed by atoms with Gasteiger partial charge in [-0.15, -0.1) is 0 Å². The summed E-state index contributed by atoms with van der Waals surface area (Å²) in [6, 6.07) is 6.91. The Hall–Kier alpha value is -1.33. The second-order valence-electron chi connectivity index (χ2n) is 6.70. The second-order valence-corrected chi connectivity index (χ2v) is 7.50. The SMILES string of the molecule is CN1C[C@H](CC(=O)O)C[C@@H]2c3cccc4[nH]c(Br)c(c34)C[C@H]21. The van der Waals surface area contributed by atoms with E-state index < -0.39 is 5.97 Å². The summed E-state index contributed by atoms with van der Waals surface area (Å²) in [4.78, 5) is 16.9. The minimum absolute atomic E-state index is 0.239. The number of aliphatic carboxylic acids is 1. The Bertz CT molecular complexity index is 754. The molecule has 1 aliphatic carbocycles. The average Bonchev–Trinajstić information content (AvgIpc) is 2.77. The van der Waals surface area contributed by atoms with Gasteiger partial charge in [0.15, 0.2) is 0 Å². The summed E-state index contributed by atoms with van der Waals surface area (Å²) in [7, 11) is 2.14. The van der Waals surface area contributed by atoms with Gasteiger partial charge in [0.1, 0.15) is 0 Å². The first kappa shape index (κ1) is 14.3. The predicted molar refractivity (Wildman–Crippen MR) is 89.2 cm³/mol. The maximum atomic E-state index is 11.1. The maximum absolute atomic E-state index is 11.1. The molecule has 0 unspecified atom stereocenters. The van der Waals surface area contributed by atoms with E-state index in [1.807, 2.05) is 0 Å². The third-order valence-electron chi connectivity index (χ3n) is 5.35. The Morgan fingerprint density at radius 1 is 1.50 bits per heavy atom. The number of aromatic amines is 1. The number of nitrogens with zero attached hydrogens (tertiary/aromatic N) is 1. The van der Waals surface area contributed by atoms with E-state index in [2.05, 4.69) is 51.1 Å². The molecule has 1 saturated heterocycles. The molecule has 0 bridgehead atoms. The van der Waals surface area contributed by atoms with E-state index >= 15 is 0 Å². The Morgan fingerprint density at radius 2 is 2.32 bits per heavy atom. The molecule has 22 heavy (non-hydrogen) atoms. The molecule has 1 aromatic heterocycles. The van der Waals surface area contributed by atoms with Gasteiger partial charge in [0, 0.05) is 35.8 Å². The summed E-state index contributed by atoms with van der Waals surface area (Å²) >= 11 is 3.67. The summed E-state index contributed by atoms with van der Waals surface area (Å²) in [5.74, 6) is -0.0131. The molecular weight excluding hydrogens is 344 g/mol. The van der Waals surface area contributed by atoms with E-state index in [1.54, 1.807) is 0 Å². The van der Waals surface area contributed by atoms with E-state index in [1.165, 1.54) is 22.0 Å². The molecule has 2 N–H and O–H groups in total. The van der Waals surface area contributed by atoms with Crippen molar-refractivity contribution in [2.75, 3.05) is 13.6 Å². The van der Waals surface area contributed by atoms with Crippen molar-refractivity contribution in [2.24, 2.45) is 5.92 Å². The fraction of sp³-hybridized carbons (Fsp3) is 0.471. The number of aromatic nitrogens is 1. The number of hydrogen-bond acceptors (Lipinski definition) is 2. The Morgan fingerprint density at radius 3 is 3.09 bits per heavy atom. The molecule has 4 nitrogen and oxygen atoms in total. The highest BCUT2D eigenvalue weighted by molar-refractivity contribution is 9.10. The van der Waals surface area contributed by atoms with Crippen LogP contribution in [0.1, 0.15) is 29.9 Å². The number of hydrogen-bond donors (Lipinski definition) is 2. The minimum atomic E-state index is -0.684. The average molecular weight is 363 g/mol. The van der Waals surface area contributed by atoms with Gasteiger partial charge in [0.2, 0.25) is 0 Å². The van der Waals surface area contributed by atoms with E-state index in [0.717, 1.165) is 24.0 Å². The molecule has 1 aromatic carbocycles. The number of fused-ring (bicyclic) bond motifs is 2. The lowest BCUT2D eigenvalue weighted by molar-refractivity contribution is -0.138. The first-order valence-corrected chi connectivity index (χ1v) is 8.55. The lowest BCUT2D eigenvalue weighted by atomic mass is 9.72. The highest BCUT2D eigenvalue weighted by atomic mass is 79.9. The van der Waals surface area contributed by atoms with Gasteiger partial charge in [-0.05, 0) is 58.9 Å². The number of piperidine rings is 1. The molecule has 2 aliphatic rings. The summed E-state index contributed by atoms with van der Waals surface area (Å²) in [6.45, 7) is 0.876. The number of rotatable bonds is 2. The standard InChI is InChI=1S/C17H19BrN2O2/c1-20-8-9(6-15(21)22)5-11-10-3-2-4-13-16(10)12(7-14(11)20)17(18)19-13/h2-4,9,11,14,19H,5-8H2,1H3,(H,21,22)/t9-,11+,14+/m0/s1. The summed E-state index contributed by atoms with van der Waals surface area (Å²) in [5, 5.41) is 10.5. The normalized spacial score (nSPS) is 27.8. The molecule has 0 spiro atoms. The van der Waals surface area contributed by atoms with Crippen LogP contribution in [-0.4, -0.2) is 40.6 Å². The smallest absolute Gasteiger partial charge is 0.303 e. The lowest BCUT2D eigenvalue weighted by Gasteiger charge is -2.45. The molecule has 0 amide bonds. The zero-order valence-electron chi connectivity index (χ0n) is 12.5. The Balaban J connectivity index is 1.79. The quantitative estimate of drug-likeness (QED) is 0.860. The number of carbonyl (C=O) groups is 1. The number of likely N-dealkylation sites (tertiary alicyclic amines) is 1. The molecular formula is C17H19BrN2O2. The van der Waals surface area contributed by atoms with E-state index in [9.17, 15) is 4.79 Å². The third-order valence-corrected chi connectivity index (χ3v) is 6.02. The molecule has 0 radical (unpaired) electrons. The number of nitrogens with one attached hydrogen (secondary N) is 1. The van der Waals surface area contributed by atoms with Crippen LogP contribution in [0.4, 0.5) is 0 Å². The lowest BCUT2D eigenvalue weighted by Crippen LogP contribution is -2.48. The Labute approximate surface area is 137 Å². The molecule has 1 aliphatic heterocycles. The number of benzene rings is 1. The first-order valence-electron chi connectivity index (χ1n) is 7.75. The van der Waals surface area contributed by atoms with Gasteiger partial charge in [-0.2, -0.15) is 0 Å². The van der Waals surface area contributed by atoms with E-state index in [4.69, 9.17) is 5.11 Å². The first-order chi connectivity index (χ1) is 10.5. The second kappa shape index (κ2) is 5.10. The van der Waals surface area contributed by atoms with Crippen LogP contribution in [0.2, 0.25) is 0 Å². The summed E-state index contributed by atoms with van der Waals surface area (Å²) in [6.07, 6.45) is 2.27. The highest BCUT2D eigenvalue weighted by Crippen LogP contribution is 2.46. The zero-order valence-corrected chi connectivity index (χ0v) is 14.1. The number of halogens is 1. The predicted octanol–water partition coefficient (Wildman–Crippen LogP) is 3.37. The molecule has 2 heterocycles. The van der Waals surface area contributed by atoms with E-state index in [-0.39, 0.29) is 12.3 Å². The van der Waals surface area contributed by atoms with Gasteiger partial charge in [-0.25, -0.2) is 0 Å². The van der Waals surface area contributed by atoms with Gasteiger partial charge in [0.25, 0.3) is 0 Å². The van der Waals surface area contributed by atoms with Crippen LogP contribution < -0.4 is 0 Å². The molecule has 4 rings (SSSR count). The minimum Gasteiger partial charge on any atom is -0.481 e. The van der Waals surface area contributed by atoms with Gasteiger partial charge >= 0.3 is 5.97 Å². The summed E-state index contributed by atoms with van der Waals surface area (Å²) < 4.78 is 1.09. The van der Waals surface area contributed by atoms with Crippen LogP contribution in [0, 0.1) is 5.92 Å². The monoisotopic (exact) mass is 362 g/mol. The number of H-pyrrole nitrogens is 1. The fourth-order valence-corrected chi connectivity index (χ4v) is 5.07. The van der Waals surface area contributed by atoms with Gasteiger partial charge < -0.3 is 15.0 Å². The van der Waals surface area contributed by atoms with Gasteiger partial charge in [0.05, 0.1) is 4.60 Å². The van der Waals surface area contributed by atoms with Crippen LogP contribution in [0.25, 0.3) is 10.9 Å². The van der Waals surface area contributed by atoms with Crippen LogP contribution in [0.3, 0.4) is 0 Å². The fourth-order valence-electron chi connectivity index (χ4n) is 4.49. The summed E-state index contributed by atoms with van der Waals surface area (Å²) in [5.41, 5.74) is 3.93. The highest BCUT2D eigenvalue weighted by Gasteiger charge is 2.40. The molecule has 3 atom stereocenters. The molecule has 0 saturated carbocycles. The van der Waals surface area contributed by atoms with Crippen LogP contribution >= 0.6 is 15.9 Å². The number of likely N-dealkylation sites (N-methyl/N-ethyl adjacent to an activating group) is 1. The molecule has 2 aromatic rings. The van der Waals surface area contributed by atoms with Crippen molar-refractivity contribution < 1.29 is 9.90 Å². The van der Waals surface area contributed by atoms with Crippen molar-refractivity contribution in [1.29, 1.82) is 0 Å². The van der Waals surface area contributed by atoms with Crippen molar-refractivity contribution in [3.05, 3.63) is 33.9 Å². The number of carboxylic acid groups (broad SMARTS) is 1. The Kier molecular flexibility index (Phi) is 3.31. The van der Waals surface area contributed by atoms with Gasteiger partial charge in [-0.3, -0.25) is 4.79 Å². The van der Waals surface area contributed by atoms with Crippen LogP contribution in [0.15, 0.2) is 22.8 Å². The number of carboxylic acids is 1.